The normalized spacial score (nSPS) is 26.7. The molecular weight excluding hydrogens is 292 g/mol. The first-order valence-electron chi connectivity index (χ1n) is 9.74. The largest absolute Gasteiger partial charge is 0.298 e. The van der Waals surface area contributed by atoms with E-state index < -0.39 is 0 Å². The number of piperazine rings is 1. The highest BCUT2D eigenvalue weighted by Crippen LogP contribution is 2.29. The molecule has 4 rings (SSSR count). The summed E-state index contributed by atoms with van der Waals surface area (Å²) in [7, 11) is 0. The van der Waals surface area contributed by atoms with Crippen LogP contribution in [0.4, 0.5) is 0 Å². The quantitative estimate of drug-likeness (QED) is 0.819. The molecule has 2 aliphatic rings. The standard InChI is InChI=1S/C22H30N2/c1-18-7-2-5-12-22(18)24-15-13-23(14-16-24)17-20-10-6-9-19-8-3-4-11-21(19)20/h3-4,6,8-11,18,22H,2,5,7,12-17H2,1H3/t18-,22-/m0/s1. The fraction of sp³-hybridized carbons (Fsp3) is 0.545. The molecule has 2 aromatic carbocycles. The molecule has 2 fully saturated rings. The third-order valence-corrected chi connectivity index (χ3v) is 6.22. The van der Waals surface area contributed by atoms with Gasteiger partial charge in [-0.2, -0.15) is 0 Å². The summed E-state index contributed by atoms with van der Waals surface area (Å²) >= 11 is 0. The molecule has 1 saturated carbocycles. The van der Waals surface area contributed by atoms with E-state index in [1.165, 1.54) is 68.2 Å². The van der Waals surface area contributed by atoms with Crippen molar-refractivity contribution in [3.63, 3.8) is 0 Å². The van der Waals surface area contributed by atoms with E-state index >= 15 is 0 Å². The number of benzene rings is 2. The zero-order valence-corrected chi connectivity index (χ0v) is 15.0. The van der Waals surface area contributed by atoms with Crippen LogP contribution < -0.4 is 0 Å². The molecule has 0 aromatic heterocycles. The summed E-state index contributed by atoms with van der Waals surface area (Å²) in [5, 5.41) is 2.79. The highest BCUT2D eigenvalue weighted by atomic mass is 15.3. The van der Waals surface area contributed by atoms with E-state index in [1.54, 1.807) is 0 Å². The van der Waals surface area contributed by atoms with Crippen LogP contribution in [0.5, 0.6) is 0 Å². The number of hydrogen-bond acceptors (Lipinski definition) is 2. The van der Waals surface area contributed by atoms with Crippen LogP contribution in [0.15, 0.2) is 42.5 Å². The van der Waals surface area contributed by atoms with Crippen LogP contribution in [-0.4, -0.2) is 42.0 Å². The van der Waals surface area contributed by atoms with Crippen LogP contribution in [0.1, 0.15) is 38.2 Å². The Morgan fingerprint density at radius 2 is 1.62 bits per heavy atom. The lowest BCUT2D eigenvalue weighted by Gasteiger charge is -2.43. The van der Waals surface area contributed by atoms with Gasteiger partial charge in [0, 0.05) is 38.8 Å². The van der Waals surface area contributed by atoms with Gasteiger partial charge in [-0.05, 0) is 35.1 Å². The molecule has 0 N–H and O–H groups in total. The second-order valence-electron chi connectivity index (χ2n) is 7.78. The predicted molar refractivity (Wildman–Crippen MR) is 102 cm³/mol. The number of rotatable bonds is 3. The molecule has 128 valence electrons. The van der Waals surface area contributed by atoms with Crippen LogP contribution in [0.3, 0.4) is 0 Å². The van der Waals surface area contributed by atoms with Crippen molar-refractivity contribution < 1.29 is 0 Å². The minimum absolute atomic E-state index is 0.846. The van der Waals surface area contributed by atoms with Gasteiger partial charge < -0.3 is 0 Å². The monoisotopic (exact) mass is 322 g/mol. The molecule has 1 saturated heterocycles. The first-order valence-corrected chi connectivity index (χ1v) is 9.74. The average Bonchev–Trinajstić information content (AvgIpc) is 2.63. The minimum Gasteiger partial charge on any atom is -0.298 e. The van der Waals surface area contributed by atoms with Crippen molar-refractivity contribution in [1.29, 1.82) is 0 Å². The molecule has 1 aliphatic carbocycles. The number of fused-ring (bicyclic) bond motifs is 1. The van der Waals surface area contributed by atoms with Gasteiger partial charge in [-0.1, -0.05) is 62.2 Å². The van der Waals surface area contributed by atoms with Crippen molar-refractivity contribution in [2.24, 2.45) is 5.92 Å². The smallest absolute Gasteiger partial charge is 0.0240 e. The Kier molecular flexibility index (Phi) is 4.86. The lowest BCUT2D eigenvalue weighted by Crippen LogP contribution is -2.52. The van der Waals surface area contributed by atoms with Gasteiger partial charge in [0.2, 0.25) is 0 Å². The Hall–Kier alpha value is -1.38. The van der Waals surface area contributed by atoms with Crippen LogP contribution in [0, 0.1) is 5.92 Å². The molecular formula is C22H30N2. The van der Waals surface area contributed by atoms with Crippen LogP contribution in [-0.2, 0) is 6.54 Å². The van der Waals surface area contributed by atoms with Gasteiger partial charge in [0.15, 0.2) is 0 Å². The number of hydrogen-bond donors (Lipinski definition) is 0. The van der Waals surface area contributed by atoms with Crippen molar-refractivity contribution in [3.05, 3.63) is 48.0 Å². The first kappa shape index (κ1) is 16.1. The molecule has 2 nitrogen and oxygen atoms in total. The van der Waals surface area contributed by atoms with Gasteiger partial charge in [-0.3, -0.25) is 9.80 Å². The summed E-state index contributed by atoms with van der Waals surface area (Å²) in [4.78, 5) is 5.43. The van der Waals surface area contributed by atoms with Crippen molar-refractivity contribution >= 4 is 10.8 Å². The number of nitrogens with zero attached hydrogens (tertiary/aromatic N) is 2. The maximum Gasteiger partial charge on any atom is 0.0240 e. The van der Waals surface area contributed by atoms with Crippen molar-refractivity contribution in [2.45, 2.75) is 45.2 Å². The summed E-state index contributed by atoms with van der Waals surface area (Å²) in [5.74, 6) is 0.892. The highest BCUT2D eigenvalue weighted by Gasteiger charge is 2.29. The van der Waals surface area contributed by atoms with Crippen molar-refractivity contribution in [3.8, 4) is 0 Å². The van der Waals surface area contributed by atoms with E-state index in [1.807, 2.05) is 0 Å². The van der Waals surface area contributed by atoms with Gasteiger partial charge in [-0.25, -0.2) is 0 Å². The fourth-order valence-corrected chi connectivity index (χ4v) is 4.76. The summed E-state index contributed by atoms with van der Waals surface area (Å²) < 4.78 is 0. The molecule has 1 heterocycles. The maximum absolute atomic E-state index is 2.78. The first-order chi connectivity index (χ1) is 11.8. The summed E-state index contributed by atoms with van der Waals surface area (Å²) in [6.07, 6.45) is 5.73. The molecule has 2 heteroatoms. The van der Waals surface area contributed by atoms with E-state index in [-0.39, 0.29) is 0 Å². The third kappa shape index (κ3) is 3.36. The van der Waals surface area contributed by atoms with Crippen LogP contribution in [0.2, 0.25) is 0 Å². The Morgan fingerprint density at radius 3 is 2.46 bits per heavy atom. The lowest BCUT2D eigenvalue weighted by molar-refractivity contribution is 0.0519. The van der Waals surface area contributed by atoms with E-state index in [2.05, 4.69) is 59.2 Å². The Morgan fingerprint density at radius 1 is 0.875 bits per heavy atom. The topological polar surface area (TPSA) is 6.48 Å². The van der Waals surface area contributed by atoms with Crippen LogP contribution in [0.25, 0.3) is 10.8 Å². The molecule has 1 aliphatic heterocycles. The molecule has 0 spiro atoms. The van der Waals surface area contributed by atoms with Gasteiger partial charge in [-0.15, -0.1) is 0 Å². The lowest BCUT2D eigenvalue weighted by atomic mass is 9.84. The van der Waals surface area contributed by atoms with Gasteiger partial charge >= 0.3 is 0 Å². The zero-order valence-electron chi connectivity index (χ0n) is 15.0. The molecule has 0 bridgehead atoms. The Bertz CT molecular complexity index is 667. The maximum atomic E-state index is 2.78. The second-order valence-corrected chi connectivity index (χ2v) is 7.78. The van der Waals surface area contributed by atoms with E-state index in [0.717, 1.165) is 18.5 Å². The van der Waals surface area contributed by atoms with E-state index in [4.69, 9.17) is 0 Å². The SMILES string of the molecule is C[C@H]1CCCC[C@@H]1N1CCN(Cc2cccc3ccccc23)CC1. The molecule has 2 atom stereocenters. The third-order valence-electron chi connectivity index (χ3n) is 6.22. The zero-order chi connectivity index (χ0) is 16.4. The average molecular weight is 322 g/mol. The van der Waals surface area contributed by atoms with Crippen molar-refractivity contribution in [1.82, 2.24) is 9.80 Å². The predicted octanol–water partition coefficient (Wildman–Crippen LogP) is 4.54. The minimum atomic E-state index is 0.846. The van der Waals surface area contributed by atoms with Gasteiger partial charge in [0.05, 0.1) is 0 Å². The summed E-state index contributed by atoms with van der Waals surface area (Å²) in [6, 6.07) is 16.4. The summed E-state index contributed by atoms with van der Waals surface area (Å²) in [5.41, 5.74) is 1.48. The Labute approximate surface area is 146 Å². The fourth-order valence-electron chi connectivity index (χ4n) is 4.76. The molecule has 0 unspecified atom stereocenters. The van der Waals surface area contributed by atoms with Crippen LogP contribution >= 0.6 is 0 Å². The van der Waals surface area contributed by atoms with E-state index in [9.17, 15) is 0 Å². The van der Waals surface area contributed by atoms with E-state index in [0.29, 0.717) is 0 Å². The van der Waals surface area contributed by atoms with Gasteiger partial charge in [0.1, 0.15) is 0 Å². The summed E-state index contributed by atoms with van der Waals surface area (Å²) in [6.45, 7) is 8.49. The molecule has 24 heavy (non-hydrogen) atoms. The highest BCUT2D eigenvalue weighted by molar-refractivity contribution is 5.85. The molecule has 0 amide bonds. The van der Waals surface area contributed by atoms with Gasteiger partial charge in [0.25, 0.3) is 0 Å². The molecule has 2 aromatic rings. The van der Waals surface area contributed by atoms with Crippen molar-refractivity contribution in [2.75, 3.05) is 26.2 Å². The second kappa shape index (κ2) is 7.25. The Balaban J connectivity index is 1.39. The molecule has 0 radical (unpaired) electrons.